The second-order valence-electron chi connectivity index (χ2n) is 10.4. The number of amides is 1. The Morgan fingerprint density at radius 2 is 1.53 bits per heavy atom. The van der Waals surface area contributed by atoms with Crippen LogP contribution in [0.1, 0.15) is 36.4 Å². The van der Waals surface area contributed by atoms with Crippen LogP contribution in [0.15, 0.2) is 47.0 Å². The fraction of sp³-hybridized carbons (Fsp3) is 0.613. The third-order valence-electron chi connectivity index (χ3n) is 7.51. The minimum atomic E-state index is -0.734. The van der Waals surface area contributed by atoms with Crippen molar-refractivity contribution in [1.29, 1.82) is 0 Å². The van der Waals surface area contributed by atoms with Crippen LogP contribution >= 0.6 is 0 Å². The lowest BCUT2D eigenvalue weighted by molar-refractivity contribution is -0.153. The van der Waals surface area contributed by atoms with Gasteiger partial charge in [-0.15, -0.1) is 0 Å². The van der Waals surface area contributed by atoms with Crippen molar-refractivity contribution < 1.29 is 38.3 Å². The van der Waals surface area contributed by atoms with Crippen LogP contribution in [0.3, 0.4) is 0 Å². The maximum absolute atomic E-state index is 13.9. The first kappa shape index (κ1) is 32.9. The Hall–Kier alpha value is -3.00. The van der Waals surface area contributed by atoms with Crippen molar-refractivity contribution in [2.75, 3.05) is 79.2 Å². The first-order chi connectivity index (χ1) is 21.0. The van der Waals surface area contributed by atoms with Crippen molar-refractivity contribution in [1.82, 2.24) is 14.3 Å². The number of carbonyl (C=O) groups excluding carboxylic acids is 1. The van der Waals surface area contributed by atoms with Gasteiger partial charge in [0, 0.05) is 50.3 Å². The smallest absolute Gasteiger partial charge is 0.288 e. The highest BCUT2D eigenvalue weighted by Gasteiger charge is 2.34. The monoisotopic (exact) mass is 603 g/mol. The number of nitrogens with zero attached hydrogens (tertiary/aromatic N) is 3. The van der Waals surface area contributed by atoms with Crippen LogP contribution in [-0.4, -0.2) is 111 Å². The van der Waals surface area contributed by atoms with Gasteiger partial charge in [-0.05, 0) is 38.0 Å². The van der Waals surface area contributed by atoms with Crippen LogP contribution < -0.4 is 5.56 Å². The topological polar surface area (TPSA) is 123 Å². The summed E-state index contributed by atoms with van der Waals surface area (Å²) in [7, 11) is 1.85. The van der Waals surface area contributed by atoms with Crippen molar-refractivity contribution in [3.63, 3.8) is 0 Å². The number of hydrogen-bond acceptors (Lipinski definition) is 9. The van der Waals surface area contributed by atoms with E-state index in [1.54, 1.807) is 15.7 Å². The molecule has 0 spiro atoms. The molecule has 2 unspecified atom stereocenters. The number of aliphatic hydroxyl groups is 1. The highest BCUT2D eigenvalue weighted by Crippen LogP contribution is 2.33. The van der Waals surface area contributed by atoms with Gasteiger partial charge in [0.25, 0.3) is 11.5 Å². The highest BCUT2D eigenvalue weighted by molar-refractivity contribution is 5.91. The number of carbonyl (C=O) groups is 1. The summed E-state index contributed by atoms with van der Waals surface area (Å²) in [6, 6.07) is 9.46. The van der Waals surface area contributed by atoms with Gasteiger partial charge in [0.1, 0.15) is 0 Å². The van der Waals surface area contributed by atoms with E-state index in [4.69, 9.17) is 28.4 Å². The lowest BCUT2D eigenvalue weighted by atomic mass is 9.93. The Labute approximate surface area is 252 Å². The van der Waals surface area contributed by atoms with Crippen molar-refractivity contribution in [3.8, 4) is 5.69 Å². The van der Waals surface area contributed by atoms with E-state index in [0.717, 1.165) is 11.4 Å². The molecule has 12 heteroatoms. The van der Waals surface area contributed by atoms with Gasteiger partial charge >= 0.3 is 0 Å². The Morgan fingerprint density at radius 3 is 2.14 bits per heavy atom. The zero-order valence-electron chi connectivity index (χ0n) is 25.3. The standard InChI is InChI=1S/C31H45N3O9/c1-24-29(31(37)34(32(24)2)26-8-4-3-5-9-26)25-22-27(43-28(23-25)42-13-7-6-12-35)30(36)33-10-14-38-16-18-40-20-21-41-19-17-39-15-11-33/h3-5,8-9,22,25,28,35H,6-7,10-21,23H2,1-2H3. The number of allylic oxidation sites excluding steroid dienone is 1. The molecule has 4 rings (SSSR count). The summed E-state index contributed by atoms with van der Waals surface area (Å²) in [6.07, 6.45) is 2.63. The van der Waals surface area contributed by atoms with Crippen molar-refractivity contribution in [3.05, 3.63) is 63.8 Å². The number of hydrogen-bond donors (Lipinski definition) is 1. The third-order valence-corrected chi connectivity index (χ3v) is 7.51. The predicted octanol–water partition coefficient (Wildman–Crippen LogP) is 1.90. The van der Waals surface area contributed by atoms with E-state index >= 15 is 0 Å². The Morgan fingerprint density at radius 1 is 0.930 bits per heavy atom. The molecule has 1 amide bonds. The van der Waals surface area contributed by atoms with Gasteiger partial charge in [0.15, 0.2) is 5.76 Å². The highest BCUT2D eigenvalue weighted by atomic mass is 16.7. The van der Waals surface area contributed by atoms with Crippen molar-refractivity contribution in [2.24, 2.45) is 7.05 Å². The lowest BCUT2D eigenvalue weighted by Gasteiger charge is -2.31. The molecule has 1 fully saturated rings. The molecule has 12 nitrogen and oxygen atoms in total. The number of rotatable bonds is 8. The summed E-state index contributed by atoms with van der Waals surface area (Å²) in [5, 5.41) is 9.17. The van der Waals surface area contributed by atoms with Crippen molar-refractivity contribution >= 4 is 5.91 Å². The van der Waals surface area contributed by atoms with Gasteiger partial charge in [-0.25, -0.2) is 4.68 Å². The number of benzene rings is 1. The van der Waals surface area contributed by atoms with E-state index < -0.39 is 12.2 Å². The molecule has 0 bridgehead atoms. The molecule has 3 heterocycles. The van der Waals surface area contributed by atoms with Crippen LogP contribution in [0.25, 0.3) is 5.69 Å². The second kappa shape index (κ2) is 17.3. The zero-order valence-corrected chi connectivity index (χ0v) is 25.3. The summed E-state index contributed by atoms with van der Waals surface area (Å²) in [5.41, 5.74) is 1.99. The third kappa shape index (κ3) is 9.24. The number of aliphatic hydroxyl groups excluding tert-OH is 1. The van der Waals surface area contributed by atoms with Gasteiger partial charge in [-0.3, -0.25) is 14.3 Å². The fourth-order valence-corrected chi connectivity index (χ4v) is 5.14. The van der Waals surface area contributed by atoms with E-state index in [1.165, 1.54) is 0 Å². The molecule has 0 aliphatic carbocycles. The normalized spacial score (nSPS) is 21.4. The number of unbranched alkanes of at least 4 members (excludes halogenated alkanes) is 1. The Bertz CT molecular complexity index is 1210. The van der Waals surface area contributed by atoms with E-state index in [-0.39, 0.29) is 23.8 Å². The van der Waals surface area contributed by atoms with Gasteiger partial charge in [-0.2, -0.15) is 0 Å². The van der Waals surface area contributed by atoms with Crippen LogP contribution in [0.5, 0.6) is 0 Å². The van der Waals surface area contributed by atoms with Crippen LogP contribution in [-0.2, 0) is 40.3 Å². The molecular formula is C31H45N3O9. The molecule has 2 aliphatic rings. The van der Waals surface area contributed by atoms with Crippen LogP contribution in [0.2, 0.25) is 0 Å². The van der Waals surface area contributed by atoms with Gasteiger partial charge < -0.3 is 38.4 Å². The quantitative estimate of drug-likeness (QED) is 0.451. The largest absolute Gasteiger partial charge is 0.459 e. The minimum absolute atomic E-state index is 0.0702. The minimum Gasteiger partial charge on any atom is -0.459 e. The second-order valence-corrected chi connectivity index (χ2v) is 10.4. The molecule has 1 aromatic heterocycles. The average molecular weight is 604 g/mol. The van der Waals surface area contributed by atoms with Crippen LogP contribution in [0, 0.1) is 6.92 Å². The molecule has 0 saturated carbocycles. The molecule has 1 aromatic carbocycles. The lowest BCUT2D eigenvalue weighted by Crippen LogP contribution is -2.40. The predicted molar refractivity (Wildman–Crippen MR) is 158 cm³/mol. The molecule has 1 saturated heterocycles. The summed E-state index contributed by atoms with van der Waals surface area (Å²) in [6.45, 7) is 6.31. The molecular weight excluding hydrogens is 558 g/mol. The molecule has 2 aliphatic heterocycles. The zero-order chi connectivity index (χ0) is 30.4. The summed E-state index contributed by atoms with van der Waals surface area (Å²) < 4.78 is 38.0. The molecule has 238 valence electrons. The molecule has 2 aromatic rings. The number of aromatic nitrogens is 2. The summed E-state index contributed by atoms with van der Waals surface area (Å²) >= 11 is 0. The summed E-state index contributed by atoms with van der Waals surface area (Å²) in [5.74, 6) is -0.610. The molecule has 0 radical (unpaired) electrons. The van der Waals surface area contributed by atoms with E-state index in [0.29, 0.717) is 97.4 Å². The first-order valence-corrected chi connectivity index (χ1v) is 15.1. The van der Waals surface area contributed by atoms with E-state index in [9.17, 15) is 14.7 Å². The first-order valence-electron chi connectivity index (χ1n) is 15.1. The average Bonchev–Trinajstić information content (AvgIpc) is 3.24. The Balaban J connectivity index is 1.59. The number of ether oxygens (including phenoxy) is 6. The van der Waals surface area contributed by atoms with E-state index in [1.807, 2.05) is 49.0 Å². The number of para-hydroxylation sites is 1. The van der Waals surface area contributed by atoms with Crippen molar-refractivity contribution in [2.45, 2.75) is 38.4 Å². The maximum atomic E-state index is 13.9. The van der Waals surface area contributed by atoms with Crippen LogP contribution in [0.4, 0.5) is 0 Å². The van der Waals surface area contributed by atoms with Gasteiger partial charge in [0.05, 0.1) is 65.1 Å². The SMILES string of the molecule is Cc1c(C2C=C(C(=O)N3CCOCCOCCOCCOCC3)OC(OCCCCO)C2)c(=O)n(-c2ccccc2)n1C. The fourth-order valence-electron chi connectivity index (χ4n) is 5.14. The Kier molecular flexibility index (Phi) is 13.3. The van der Waals surface area contributed by atoms with Gasteiger partial charge in [0.2, 0.25) is 6.29 Å². The van der Waals surface area contributed by atoms with E-state index in [2.05, 4.69) is 0 Å². The molecule has 43 heavy (non-hydrogen) atoms. The summed E-state index contributed by atoms with van der Waals surface area (Å²) in [4.78, 5) is 29.4. The molecule has 1 N–H and O–H groups in total. The maximum Gasteiger partial charge on any atom is 0.288 e. The molecule has 2 atom stereocenters. The van der Waals surface area contributed by atoms with Gasteiger partial charge in [-0.1, -0.05) is 18.2 Å².